The van der Waals surface area contributed by atoms with Crippen LogP contribution < -0.4 is 0 Å². The highest BCUT2D eigenvalue weighted by Crippen LogP contribution is 2.33. The molecule has 3 rings (SSSR count). The van der Waals surface area contributed by atoms with Crippen LogP contribution in [0.15, 0.2) is 23.0 Å². The van der Waals surface area contributed by atoms with E-state index in [-0.39, 0.29) is 23.0 Å². The molecule has 2 unspecified atom stereocenters. The lowest BCUT2D eigenvalue weighted by Crippen LogP contribution is -2.43. The first-order valence-electron chi connectivity index (χ1n) is 5.12. The van der Waals surface area contributed by atoms with Gasteiger partial charge in [0.2, 0.25) is 0 Å². The largest absolute Gasteiger partial charge is 0.472 e. The summed E-state index contributed by atoms with van der Waals surface area (Å²) in [5.41, 5.74) is 0.491. The van der Waals surface area contributed by atoms with Crippen LogP contribution in [0.5, 0.6) is 0 Å². The van der Waals surface area contributed by atoms with Crippen molar-refractivity contribution in [1.82, 2.24) is 4.90 Å². The molecule has 2 atom stereocenters. The van der Waals surface area contributed by atoms with E-state index < -0.39 is 9.84 Å². The van der Waals surface area contributed by atoms with Crippen molar-refractivity contribution < 1.29 is 17.6 Å². The fourth-order valence-electron chi connectivity index (χ4n) is 2.50. The van der Waals surface area contributed by atoms with Crippen LogP contribution in [0.4, 0.5) is 0 Å². The second kappa shape index (κ2) is 3.10. The summed E-state index contributed by atoms with van der Waals surface area (Å²) in [6, 6.07) is 1.46. The first kappa shape index (κ1) is 9.89. The molecule has 2 fully saturated rings. The van der Waals surface area contributed by atoms with Crippen molar-refractivity contribution in [2.45, 2.75) is 17.7 Å². The molecule has 0 N–H and O–H groups in total. The van der Waals surface area contributed by atoms with E-state index in [1.54, 1.807) is 11.0 Å². The predicted octanol–water partition coefficient (Wildman–Crippen LogP) is 0.291. The van der Waals surface area contributed by atoms with Crippen LogP contribution in [-0.4, -0.2) is 42.8 Å². The molecule has 0 saturated carbocycles. The zero-order valence-electron chi connectivity index (χ0n) is 8.50. The second-order valence-electron chi connectivity index (χ2n) is 4.31. The number of hydrogen-bond acceptors (Lipinski definition) is 4. The van der Waals surface area contributed by atoms with Crippen molar-refractivity contribution in [3.05, 3.63) is 24.2 Å². The van der Waals surface area contributed by atoms with Gasteiger partial charge in [0, 0.05) is 12.6 Å². The lowest BCUT2D eigenvalue weighted by Gasteiger charge is -2.26. The Balaban J connectivity index is 1.84. The highest BCUT2D eigenvalue weighted by atomic mass is 32.2. The van der Waals surface area contributed by atoms with Crippen LogP contribution in [0, 0.1) is 0 Å². The monoisotopic (exact) mass is 241 g/mol. The average molecular weight is 241 g/mol. The van der Waals surface area contributed by atoms with Gasteiger partial charge < -0.3 is 9.32 Å². The van der Waals surface area contributed by atoms with Gasteiger partial charge in [0.1, 0.15) is 6.26 Å². The summed E-state index contributed by atoms with van der Waals surface area (Å²) in [6.45, 7) is 0.330. The Bertz CT molecular complexity index is 519. The van der Waals surface area contributed by atoms with Crippen LogP contribution >= 0.6 is 0 Å². The molecule has 1 amide bonds. The van der Waals surface area contributed by atoms with Crippen LogP contribution in [0.25, 0.3) is 0 Å². The molecule has 1 aromatic heterocycles. The van der Waals surface area contributed by atoms with E-state index in [0.717, 1.165) is 0 Å². The number of fused-ring (bicyclic) bond motifs is 2. The third-order valence-electron chi connectivity index (χ3n) is 3.34. The van der Waals surface area contributed by atoms with E-state index in [4.69, 9.17) is 4.42 Å². The van der Waals surface area contributed by atoms with E-state index in [1.807, 2.05) is 0 Å². The molecule has 0 radical (unpaired) electrons. The highest BCUT2D eigenvalue weighted by molar-refractivity contribution is 7.92. The number of sulfone groups is 1. The van der Waals surface area contributed by atoms with Gasteiger partial charge in [-0.25, -0.2) is 8.42 Å². The smallest absolute Gasteiger partial charge is 0.257 e. The first-order valence-corrected chi connectivity index (χ1v) is 6.84. The van der Waals surface area contributed by atoms with Gasteiger partial charge in [-0.2, -0.15) is 0 Å². The number of hydrogen-bond donors (Lipinski definition) is 0. The first-order chi connectivity index (χ1) is 7.58. The number of rotatable bonds is 1. The minimum atomic E-state index is -2.94. The Hall–Kier alpha value is -1.30. The molecule has 16 heavy (non-hydrogen) atoms. The molecule has 86 valence electrons. The molecular formula is C10H11NO4S. The Kier molecular flexibility index (Phi) is 1.92. The molecular weight excluding hydrogens is 230 g/mol. The lowest BCUT2D eigenvalue weighted by molar-refractivity contribution is 0.0745. The molecule has 3 heterocycles. The predicted molar refractivity (Wildman–Crippen MR) is 55.7 cm³/mol. The van der Waals surface area contributed by atoms with Crippen LogP contribution in [0.3, 0.4) is 0 Å². The molecule has 2 aliphatic heterocycles. The molecule has 0 aliphatic carbocycles. The van der Waals surface area contributed by atoms with Gasteiger partial charge in [0.15, 0.2) is 9.84 Å². The third-order valence-corrected chi connectivity index (χ3v) is 5.54. The molecule has 5 nitrogen and oxygen atoms in total. The van der Waals surface area contributed by atoms with Crippen molar-refractivity contribution in [1.29, 1.82) is 0 Å². The van der Waals surface area contributed by atoms with Crippen molar-refractivity contribution in [3.63, 3.8) is 0 Å². The van der Waals surface area contributed by atoms with Gasteiger partial charge in [-0.15, -0.1) is 0 Å². The number of amides is 1. The number of furan rings is 1. The summed E-state index contributed by atoms with van der Waals surface area (Å²) < 4.78 is 27.9. The number of carbonyl (C=O) groups is 1. The summed E-state index contributed by atoms with van der Waals surface area (Å²) in [7, 11) is -2.94. The fraction of sp³-hybridized carbons (Fsp3) is 0.500. The zero-order valence-corrected chi connectivity index (χ0v) is 9.31. The van der Waals surface area contributed by atoms with E-state index in [9.17, 15) is 13.2 Å². The minimum absolute atomic E-state index is 0.112. The fourth-order valence-corrected chi connectivity index (χ4v) is 4.52. The van der Waals surface area contributed by atoms with Gasteiger partial charge in [0.05, 0.1) is 22.8 Å². The Morgan fingerprint density at radius 3 is 2.81 bits per heavy atom. The van der Waals surface area contributed by atoms with Gasteiger partial charge in [-0.05, 0) is 12.5 Å². The third kappa shape index (κ3) is 1.29. The van der Waals surface area contributed by atoms with Crippen molar-refractivity contribution in [2.24, 2.45) is 0 Å². The van der Waals surface area contributed by atoms with Crippen molar-refractivity contribution >= 4 is 15.7 Å². The van der Waals surface area contributed by atoms with Crippen LogP contribution in [-0.2, 0) is 9.84 Å². The maximum atomic E-state index is 12.0. The summed E-state index contributed by atoms with van der Waals surface area (Å²) in [5, 5.41) is -0.353. The molecule has 6 heteroatoms. The summed E-state index contributed by atoms with van der Waals surface area (Å²) in [6.07, 6.45) is 3.42. The summed E-state index contributed by atoms with van der Waals surface area (Å²) in [4.78, 5) is 13.6. The Morgan fingerprint density at radius 2 is 2.31 bits per heavy atom. The van der Waals surface area contributed by atoms with Crippen molar-refractivity contribution in [2.75, 3.05) is 12.3 Å². The van der Waals surface area contributed by atoms with Crippen molar-refractivity contribution in [3.8, 4) is 0 Å². The normalized spacial score (nSPS) is 30.9. The molecule has 2 aliphatic rings. The SMILES string of the molecule is O=C(c1ccoc1)N1CC2CC1CS2(=O)=O. The van der Waals surface area contributed by atoms with Gasteiger partial charge >= 0.3 is 0 Å². The quantitative estimate of drug-likeness (QED) is 0.708. The molecule has 0 aromatic carbocycles. The minimum Gasteiger partial charge on any atom is -0.472 e. The van der Waals surface area contributed by atoms with Gasteiger partial charge in [0.25, 0.3) is 5.91 Å². The number of likely N-dealkylation sites (tertiary alicyclic amines) is 1. The number of carbonyl (C=O) groups excluding carboxylic acids is 1. The zero-order chi connectivity index (χ0) is 11.3. The van der Waals surface area contributed by atoms with E-state index in [0.29, 0.717) is 18.5 Å². The van der Waals surface area contributed by atoms with Crippen LogP contribution in [0.2, 0.25) is 0 Å². The average Bonchev–Trinajstić information content (AvgIpc) is 2.88. The van der Waals surface area contributed by atoms with Gasteiger partial charge in [-0.1, -0.05) is 0 Å². The van der Waals surface area contributed by atoms with Gasteiger partial charge in [-0.3, -0.25) is 4.79 Å². The van der Waals surface area contributed by atoms with E-state index >= 15 is 0 Å². The topological polar surface area (TPSA) is 67.6 Å². The Morgan fingerprint density at radius 1 is 1.50 bits per heavy atom. The Labute approximate surface area is 93.0 Å². The maximum absolute atomic E-state index is 12.0. The molecule has 2 bridgehead atoms. The second-order valence-corrected chi connectivity index (χ2v) is 6.64. The molecule has 0 spiro atoms. The van der Waals surface area contributed by atoms with Crippen LogP contribution in [0.1, 0.15) is 16.8 Å². The molecule has 1 aromatic rings. The van der Waals surface area contributed by atoms with E-state index in [1.165, 1.54) is 12.5 Å². The summed E-state index contributed by atoms with van der Waals surface area (Å²) in [5.74, 6) is -0.0162. The molecule has 2 saturated heterocycles. The summed E-state index contributed by atoms with van der Waals surface area (Å²) >= 11 is 0. The maximum Gasteiger partial charge on any atom is 0.257 e. The highest BCUT2D eigenvalue weighted by Gasteiger charge is 2.50. The number of nitrogens with zero attached hydrogens (tertiary/aromatic N) is 1. The standard InChI is InChI=1S/C10H11NO4S/c12-10(7-1-2-15-5-7)11-4-9-3-8(11)6-16(9,13)14/h1-2,5,8-9H,3-4,6H2. The van der Waals surface area contributed by atoms with E-state index in [2.05, 4.69) is 0 Å². The lowest BCUT2D eigenvalue weighted by atomic mass is 10.2.